The molecule has 7 nitrogen and oxygen atoms in total. The first-order valence-corrected chi connectivity index (χ1v) is 16.7. The summed E-state index contributed by atoms with van der Waals surface area (Å²) in [4.78, 5) is 12.2. The molecular formula is C27H45N4O3PS2. The van der Waals surface area contributed by atoms with Crippen LogP contribution in [0.25, 0.3) is 0 Å². The average Bonchev–Trinajstić information content (AvgIpc) is 2.77. The first-order chi connectivity index (χ1) is 17.1. The largest absolute Gasteiger partial charge is 0.477 e. The average molecular weight is 569 g/mol. The summed E-state index contributed by atoms with van der Waals surface area (Å²) in [7, 11) is 1.96. The molecular weight excluding hydrogens is 523 g/mol. The highest BCUT2D eigenvalue weighted by Gasteiger charge is 2.22. The van der Waals surface area contributed by atoms with Crippen LogP contribution in [0.4, 0.5) is 0 Å². The van der Waals surface area contributed by atoms with Crippen molar-refractivity contribution in [3.8, 4) is 0 Å². The molecule has 37 heavy (non-hydrogen) atoms. The molecule has 0 saturated carbocycles. The molecule has 0 radical (unpaired) electrons. The van der Waals surface area contributed by atoms with Gasteiger partial charge in [-0.05, 0) is 120 Å². The molecule has 1 unspecified atom stereocenters. The second-order valence-electron chi connectivity index (χ2n) is 10.3. The van der Waals surface area contributed by atoms with Crippen molar-refractivity contribution in [3.05, 3.63) is 71.2 Å². The van der Waals surface area contributed by atoms with Crippen LogP contribution in [0.5, 0.6) is 0 Å². The third kappa shape index (κ3) is 14.1. The van der Waals surface area contributed by atoms with Gasteiger partial charge in [0.25, 0.3) is 0 Å². The maximum absolute atomic E-state index is 13.1. The Labute approximate surface area is 232 Å². The van der Waals surface area contributed by atoms with E-state index in [2.05, 4.69) is 34.6 Å². The first-order valence-electron chi connectivity index (χ1n) is 12.3. The topological polar surface area (TPSA) is 82.7 Å². The molecule has 0 aromatic carbocycles. The summed E-state index contributed by atoms with van der Waals surface area (Å²) < 4.78 is 23.9. The molecule has 3 N–H and O–H groups in total. The number of carbonyl (C=O) groups is 1. The summed E-state index contributed by atoms with van der Waals surface area (Å²) in [6.45, 7) is 21.8. The number of hydrogen-bond donors (Lipinski definition) is 3. The Balaban J connectivity index is 2.70. The van der Waals surface area contributed by atoms with E-state index in [1.165, 1.54) is 11.6 Å². The highest BCUT2D eigenvalue weighted by Crippen LogP contribution is 2.60. The molecule has 2 atom stereocenters. The highest BCUT2D eigenvalue weighted by molar-refractivity contribution is 8.58. The minimum absolute atomic E-state index is 0.0972. The lowest BCUT2D eigenvalue weighted by molar-refractivity contribution is -0.108. The molecule has 0 aliphatic heterocycles. The van der Waals surface area contributed by atoms with Crippen LogP contribution in [0.15, 0.2) is 71.2 Å². The maximum Gasteiger partial charge on any atom is 0.211 e. The summed E-state index contributed by atoms with van der Waals surface area (Å²) in [5, 5.41) is 6.65. The van der Waals surface area contributed by atoms with Crippen molar-refractivity contribution in [2.24, 2.45) is 5.92 Å². The van der Waals surface area contributed by atoms with Gasteiger partial charge in [0.2, 0.25) is 6.41 Å². The summed E-state index contributed by atoms with van der Waals surface area (Å²) in [5.74, 6) is 0.971. The molecule has 1 aliphatic carbocycles. The smallest absolute Gasteiger partial charge is 0.211 e. The Morgan fingerprint density at radius 1 is 1.32 bits per heavy atom. The number of nitrogens with one attached hydrogen (secondary N) is 3. The van der Waals surface area contributed by atoms with E-state index in [4.69, 9.17) is 4.74 Å². The number of ether oxygens (including phenoxy) is 1. The summed E-state index contributed by atoms with van der Waals surface area (Å²) in [5.41, 5.74) is 1.55. The molecule has 0 bridgehead atoms. The summed E-state index contributed by atoms with van der Waals surface area (Å²) in [6, 6.07) is 0. The van der Waals surface area contributed by atoms with E-state index in [0.717, 1.165) is 29.9 Å². The fourth-order valence-corrected chi connectivity index (χ4v) is 6.90. The van der Waals surface area contributed by atoms with Crippen molar-refractivity contribution in [2.45, 2.75) is 72.4 Å². The summed E-state index contributed by atoms with van der Waals surface area (Å²) >= 11 is 2.84. The second kappa shape index (κ2) is 15.6. The molecule has 0 spiro atoms. The van der Waals surface area contributed by atoms with Crippen LogP contribution < -0.4 is 15.4 Å². The Bertz CT molecular complexity index is 981. The molecule has 0 heterocycles. The third-order valence-corrected chi connectivity index (χ3v) is 10.8. The molecule has 208 valence electrons. The molecule has 10 heteroatoms. The zero-order valence-electron chi connectivity index (χ0n) is 23.6. The van der Waals surface area contributed by atoms with E-state index in [1.54, 1.807) is 30.8 Å². The van der Waals surface area contributed by atoms with Crippen LogP contribution in [0.1, 0.15) is 60.8 Å². The molecule has 1 rings (SSSR count). The van der Waals surface area contributed by atoms with E-state index in [9.17, 15) is 9.36 Å². The van der Waals surface area contributed by atoms with Crippen LogP contribution in [-0.4, -0.2) is 36.1 Å². The van der Waals surface area contributed by atoms with Gasteiger partial charge in [0.15, 0.2) is 12.2 Å². The van der Waals surface area contributed by atoms with Crippen LogP contribution in [0.3, 0.4) is 0 Å². The number of amides is 1. The third-order valence-electron chi connectivity index (χ3n) is 5.13. The van der Waals surface area contributed by atoms with Crippen molar-refractivity contribution in [1.29, 1.82) is 0 Å². The van der Waals surface area contributed by atoms with Gasteiger partial charge in [0, 0.05) is 41.8 Å². The fraction of sp³-hybridized carbons (Fsp3) is 0.519. The fourth-order valence-electron chi connectivity index (χ4n) is 3.14. The van der Waals surface area contributed by atoms with Crippen molar-refractivity contribution in [3.63, 3.8) is 0 Å². The number of allylic oxidation sites excluding steroid dienone is 7. The van der Waals surface area contributed by atoms with Crippen molar-refractivity contribution in [1.82, 2.24) is 19.7 Å². The van der Waals surface area contributed by atoms with Gasteiger partial charge in [-0.3, -0.25) is 9.52 Å². The highest BCUT2D eigenvalue weighted by atomic mass is 32.7. The number of nitrogens with zero attached hydrogens (tertiary/aromatic N) is 1. The van der Waals surface area contributed by atoms with Crippen LogP contribution in [-0.2, 0) is 14.1 Å². The zero-order valence-corrected chi connectivity index (χ0v) is 26.1. The van der Waals surface area contributed by atoms with Crippen molar-refractivity contribution >= 4 is 36.3 Å². The predicted octanol–water partition coefficient (Wildman–Crippen LogP) is 7.24. The van der Waals surface area contributed by atoms with E-state index in [1.807, 2.05) is 65.2 Å². The van der Waals surface area contributed by atoms with Gasteiger partial charge in [-0.1, -0.05) is 12.7 Å². The number of rotatable bonds is 15. The maximum atomic E-state index is 13.1. The molecule has 0 fully saturated rings. The quantitative estimate of drug-likeness (QED) is 0.0627. The molecule has 1 amide bonds. The predicted molar refractivity (Wildman–Crippen MR) is 163 cm³/mol. The van der Waals surface area contributed by atoms with Gasteiger partial charge in [0.05, 0.1) is 6.10 Å². The minimum Gasteiger partial charge on any atom is -0.477 e. The lowest BCUT2D eigenvalue weighted by Gasteiger charge is -2.26. The Kier molecular flexibility index (Phi) is 14.0. The van der Waals surface area contributed by atoms with E-state index >= 15 is 0 Å². The SMILES string of the molecule is C=C(NC1=CC[C@H](C(=C)SN(C)/C=C/C=C(\C=C(/C)P(C)(=O)SNC(C)(C)C)NC=O)CC1)OC(C)C. The van der Waals surface area contributed by atoms with E-state index in [-0.39, 0.29) is 11.6 Å². The Morgan fingerprint density at radius 3 is 2.54 bits per heavy atom. The van der Waals surface area contributed by atoms with Crippen LogP contribution in [0.2, 0.25) is 0 Å². The normalized spacial score (nSPS) is 18.7. The van der Waals surface area contributed by atoms with Gasteiger partial charge in [-0.15, -0.1) is 0 Å². The molecule has 0 saturated heterocycles. The van der Waals surface area contributed by atoms with Crippen molar-refractivity contribution < 1.29 is 14.1 Å². The lowest BCUT2D eigenvalue weighted by atomic mass is 9.92. The van der Waals surface area contributed by atoms with Gasteiger partial charge >= 0.3 is 0 Å². The molecule has 1 aliphatic rings. The van der Waals surface area contributed by atoms with E-state index in [0.29, 0.717) is 29.2 Å². The lowest BCUT2D eigenvalue weighted by Crippen LogP contribution is -2.29. The molecule has 0 aromatic heterocycles. The zero-order chi connectivity index (χ0) is 28.2. The van der Waals surface area contributed by atoms with E-state index < -0.39 is 6.34 Å². The Hall–Kier alpha value is -1.80. The molecule has 0 aromatic rings. The van der Waals surface area contributed by atoms with Gasteiger partial charge < -0.3 is 24.2 Å². The van der Waals surface area contributed by atoms with Crippen molar-refractivity contribution in [2.75, 3.05) is 13.7 Å². The first kappa shape index (κ1) is 33.2. The van der Waals surface area contributed by atoms with Crippen LogP contribution in [0, 0.1) is 5.92 Å². The monoisotopic (exact) mass is 568 g/mol. The number of hydrogen-bond acceptors (Lipinski definition) is 8. The number of carbonyl (C=O) groups excluding carboxylic acids is 1. The summed E-state index contributed by atoms with van der Waals surface area (Å²) in [6.07, 6.45) is 10.4. The minimum atomic E-state index is -2.66. The van der Waals surface area contributed by atoms with Gasteiger partial charge in [-0.25, -0.2) is 0 Å². The van der Waals surface area contributed by atoms with Gasteiger partial charge in [0.1, 0.15) is 0 Å². The Morgan fingerprint density at radius 2 is 2.00 bits per heavy atom. The standard InChI is InChI=1S/C27H45N4O3PS2/c1-20(2)34-23(5)29-25-15-13-24(14-16-25)22(4)36-31(9)17-11-12-26(28-19-32)18-21(3)35(10,33)37-30-27(6,7)8/h11-12,15,17-20,24,29-30H,4-5,13-14,16H2,1-3,6-10H3,(H,28,32)/b17-11+,21-18+,26-12+/t24-,35?/m0/s1. The van der Waals surface area contributed by atoms with Crippen LogP contribution >= 0.6 is 29.9 Å². The second-order valence-corrected chi connectivity index (χ2v) is 17.0. The van der Waals surface area contributed by atoms with Gasteiger partial charge in [-0.2, -0.15) is 0 Å².